The predicted molar refractivity (Wildman–Crippen MR) is 99.3 cm³/mol. The summed E-state index contributed by atoms with van der Waals surface area (Å²) in [5, 5.41) is 14.4. The number of aryl methyl sites for hydroxylation is 1. The second-order valence-electron chi connectivity index (χ2n) is 5.41. The van der Waals surface area contributed by atoms with Crippen LogP contribution in [0.2, 0.25) is 0 Å². The minimum atomic E-state index is -0.0753. The molecule has 0 amide bonds. The Balaban J connectivity index is 1.62. The summed E-state index contributed by atoms with van der Waals surface area (Å²) < 4.78 is 8.60. The minimum absolute atomic E-state index is 0.0753. The van der Waals surface area contributed by atoms with Gasteiger partial charge in [0.1, 0.15) is 11.4 Å². The van der Waals surface area contributed by atoms with Crippen LogP contribution >= 0.6 is 23.1 Å². The van der Waals surface area contributed by atoms with E-state index in [-0.39, 0.29) is 5.56 Å². The molecule has 0 radical (unpaired) electrons. The molecule has 132 valence electrons. The Morgan fingerprint density at radius 2 is 2.15 bits per heavy atom. The highest BCUT2D eigenvalue weighted by Gasteiger charge is 2.14. The highest BCUT2D eigenvalue weighted by atomic mass is 32.2. The minimum Gasteiger partial charge on any atom is -0.494 e. The molecule has 4 rings (SSSR count). The second-order valence-corrected chi connectivity index (χ2v) is 7.19. The quantitative estimate of drug-likeness (QED) is 0.487. The molecule has 26 heavy (non-hydrogen) atoms. The summed E-state index contributed by atoms with van der Waals surface area (Å²) >= 11 is 2.86. The fourth-order valence-corrected chi connectivity index (χ4v) is 4.21. The van der Waals surface area contributed by atoms with Crippen molar-refractivity contribution in [3.05, 3.63) is 57.5 Å². The third-order valence-corrected chi connectivity index (χ3v) is 5.63. The molecule has 0 N–H and O–H groups in total. The third kappa shape index (κ3) is 2.97. The van der Waals surface area contributed by atoms with Crippen molar-refractivity contribution in [3.63, 3.8) is 0 Å². The van der Waals surface area contributed by atoms with Crippen LogP contribution in [0, 0.1) is 6.92 Å². The summed E-state index contributed by atoms with van der Waals surface area (Å²) in [7, 11) is 1.60. The van der Waals surface area contributed by atoms with Gasteiger partial charge in [-0.1, -0.05) is 23.9 Å². The van der Waals surface area contributed by atoms with Crippen LogP contribution in [0.25, 0.3) is 10.6 Å². The molecule has 0 bridgehead atoms. The number of hydrogen-bond acceptors (Lipinski definition) is 8. The highest BCUT2D eigenvalue weighted by Crippen LogP contribution is 2.27. The van der Waals surface area contributed by atoms with Crippen molar-refractivity contribution in [3.8, 4) is 11.4 Å². The van der Waals surface area contributed by atoms with Crippen LogP contribution in [0.1, 0.15) is 11.4 Å². The molecule has 0 saturated heterocycles. The van der Waals surface area contributed by atoms with E-state index in [1.807, 2.05) is 36.6 Å². The van der Waals surface area contributed by atoms with Crippen molar-refractivity contribution < 1.29 is 4.74 Å². The number of tetrazole rings is 1. The molecule has 0 unspecified atom stereocenters. The average Bonchev–Trinajstić information content (AvgIpc) is 3.27. The second kappa shape index (κ2) is 6.89. The van der Waals surface area contributed by atoms with Gasteiger partial charge in [-0.3, -0.25) is 9.20 Å². The predicted octanol–water partition coefficient (Wildman–Crippen LogP) is 2.34. The van der Waals surface area contributed by atoms with Crippen LogP contribution in [0.3, 0.4) is 0 Å². The van der Waals surface area contributed by atoms with Gasteiger partial charge < -0.3 is 4.74 Å². The molecular weight excluding hydrogens is 372 g/mol. The maximum Gasteiger partial charge on any atom is 0.258 e. The van der Waals surface area contributed by atoms with Gasteiger partial charge in [0, 0.05) is 22.9 Å². The van der Waals surface area contributed by atoms with Crippen molar-refractivity contribution in [2.24, 2.45) is 0 Å². The van der Waals surface area contributed by atoms with E-state index in [2.05, 4.69) is 20.5 Å². The maximum atomic E-state index is 12.3. The molecule has 10 heteroatoms. The number of para-hydroxylation sites is 2. The SMILES string of the molecule is COc1ccccc1-n1nnnc1SCc1cc(=O)n2c(C)csc2n1. The van der Waals surface area contributed by atoms with E-state index >= 15 is 0 Å². The van der Waals surface area contributed by atoms with Gasteiger partial charge in [-0.15, -0.1) is 16.4 Å². The van der Waals surface area contributed by atoms with Crippen LogP contribution in [0.15, 0.2) is 45.7 Å². The van der Waals surface area contributed by atoms with Gasteiger partial charge >= 0.3 is 0 Å². The van der Waals surface area contributed by atoms with Gasteiger partial charge in [-0.05, 0) is 29.5 Å². The number of hydrogen-bond donors (Lipinski definition) is 0. The zero-order valence-corrected chi connectivity index (χ0v) is 15.6. The van der Waals surface area contributed by atoms with Crippen LogP contribution in [0.4, 0.5) is 0 Å². The lowest BCUT2D eigenvalue weighted by Gasteiger charge is -2.08. The normalized spacial score (nSPS) is 11.2. The number of aromatic nitrogens is 6. The number of methoxy groups -OCH3 is 1. The zero-order valence-electron chi connectivity index (χ0n) is 14.0. The molecule has 4 aromatic rings. The van der Waals surface area contributed by atoms with Crippen LogP contribution in [0.5, 0.6) is 5.75 Å². The van der Waals surface area contributed by atoms with Gasteiger partial charge in [-0.25, -0.2) is 4.98 Å². The monoisotopic (exact) mass is 386 g/mol. The van der Waals surface area contributed by atoms with E-state index in [4.69, 9.17) is 4.74 Å². The van der Waals surface area contributed by atoms with Crippen molar-refractivity contribution in [2.45, 2.75) is 17.8 Å². The molecular formula is C16H14N6O2S2. The van der Waals surface area contributed by atoms with Gasteiger partial charge in [0.05, 0.1) is 12.8 Å². The first kappa shape index (κ1) is 16.7. The third-order valence-electron chi connectivity index (χ3n) is 3.73. The van der Waals surface area contributed by atoms with E-state index in [0.717, 1.165) is 11.4 Å². The molecule has 0 fully saturated rings. The van der Waals surface area contributed by atoms with Crippen LogP contribution in [-0.4, -0.2) is 36.7 Å². The molecule has 3 aromatic heterocycles. The van der Waals surface area contributed by atoms with Gasteiger partial charge in [0.2, 0.25) is 5.16 Å². The topological polar surface area (TPSA) is 87.2 Å². The Labute approximate surface area is 156 Å². The Hall–Kier alpha value is -2.72. The largest absolute Gasteiger partial charge is 0.494 e. The summed E-state index contributed by atoms with van der Waals surface area (Å²) in [6.07, 6.45) is 0. The number of thioether (sulfide) groups is 1. The first-order chi connectivity index (χ1) is 12.7. The summed E-state index contributed by atoms with van der Waals surface area (Å²) in [6, 6.07) is 9.06. The Bertz CT molecular complexity index is 1130. The molecule has 0 saturated carbocycles. The summed E-state index contributed by atoms with van der Waals surface area (Å²) in [4.78, 5) is 17.5. The summed E-state index contributed by atoms with van der Waals surface area (Å²) in [5.41, 5.74) is 2.26. The van der Waals surface area contributed by atoms with Gasteiger partial charge in [0.25, 0.3) is 5.56 Å². The van der Waals surface area contributed by atoms with E-state index in [1.165, 1.54) is 23.1 Å². The average molecular weight is 386 g/mol. The molecule has 0 aliphatic heterocycles. The Morgan fingerprint density at radius 3 is 3.00 bits per heavy atom. The van der Waals surface area contributed by atoms with E-state index in [9.17, 15) is 4.79 Å². The number of thiazole rings is 1. The van der Waals surface area contributed by atoms with Crippen molar-refractivity contribution in [2.75, 3.05) is 7.11 Å². The number of ether oxygens (including phenoxy) is 1. The Morgan fingerprint density at radius 1 is 1.31 bits per heavy atom. The summed E-state index contributed by atoms with van der Waals surface area (Å²) in [6.45, 7) is 1.89. The van der Waals surface area contributed by atoms with Gasteiger partial charge in [-0.2, -0.15) is 4.68 Å². The fraction of sp³-hybridized carbons (Fsp3) is 0.188. The lowest BCUT2D eigenvalue weighted by atomic mass is 10.3. The lowest BCUT2D eigenvalue weighted by Crippen LogP contribution is -2.14. The van der Waals surface area contributed by atoms with E-state index in [0.29, 0.717) is 27.3 Å². The maximum absolute atomic E-state index is 12.3. The van der Waals surface area contributed by atoms with Gasteiger partial charge in [0.15, 0.2) is 4.96 Å². The van der Waals surface area contributed by atoms with Crippen LogP contribution < -0.4 is 10.3 Å². The fourth-order valence-electron chi connectivity index (χ4n) is 2.54. The molecule has 0 aliphatic carbocycles. The molecule has 3 heterocycles. The van der Waals surface area contributed by atoms with Crippen molar-refractivity contribution in [1.82, 2.24) is 29.6 Å². The smallest absolute Gasteiger partial charge is 0.258 e. The zero-order chi connectivity index (χ0) is 18.1. The molecule has 0 aliphatic rings. The standard InChI is InChI=1S/C16H14N6O2S2/c1-10-8-25-15-17-11(7-14(23)21(10)15)9-26-16-18-19-20-22(16)12-5-3-4-6-13(12)24-2/h3-8H,9H2,1-2H3. The van der Waals surface area contributed by atoms with Crippen LogP contribution in [-0.2, 0) is 5.75 Å². The number of nitrogens with zero attached hydrogens (tertiary/aromatic N) is 6. The number of benzene rings is 1. The Kier molecular flexibility index (Phi) is 4.43. The highest BCUT2D eigenvalue weighted by molar-refractivity contribution is 7.98. The first-order valence-corrected chi connectivity index (χ1v) is 9.55. The van der Waals surface area contributed by atoms with E-state index < -0.39 is 0 Å². The van der Waals surface area contributed by atoms with Crippen molar-refractivity contribution >= 4 is 28.1 Å². The number of rotatable bonds is 5. The number of fused-ring (bicyclic) bond motifs is 1. The lowest BCUT2D eigenvalue weighted by molar-refractivity contribution is 0.410. The summed E-state index contributed by atoms with van der Waals surface area (Å²) in [5.74, 6) is 1.16. The molecule has 0 spiro atoms. The van der Waals surface area contributed by atoms with E-state index in [1.54, 1.807) is 22.3 Å². The first-order valence-electron chi connectivity index (χ1n) is 7.68. The molecule has 0 atom stereocenters. The van der Waals surface area contributed by atoms with Crippen molar-refractivity contribution in [1.29, 1.82) is 0 Å². The molecule has 1 aromatic carbocycles. The molecule has 8 nitrogen and oxygen atoms in total.